The van der Waals surface area contributed by atoms with E-state index in [-0.39, 0.29) is 12.3 Å². The van der Waals surface area contributed by atoms with E-state index in [1.807, 2.05) is 46.4 Å². The molecule has 0 radical (unpaired) electrons. The quantitative estimate of drug-likeness (QED) is 0.794. The van der Waals surface area contributed by atoms with Crippen molar-refractivity contribution in [1.29, 1.82) is 0 Å². The maximum absolute atomic E-state index is 5.53. The van der Waals surface area contributed by atoms with Gasteiger partial charge in [0.15, 0.2) is 10.2 Å². The molecule has 2 aromatic rings. The molecule has 0 aromatic heterocycles. The van der Waals surface area contributed by atoms with E-state index in [1.165, 1.54) is 0 Å². The Morgan fingerprint density at radius 2 is 1.04 bits per heavy atom. The smallest absolute Gasteiger partial charge is 0.192 e. The summed E-state index contributed by atoms with van der Waals surface area (Å²) in [5, 5.41) is 11.9. The second kappa shape index (κ2) is 7.27. The van der Waals surface area contributed by atoms with E-state index < -0.39 is 0 Å². The van der Waals surface area contributed by atoms with Crippen molar-refractivity contribution in [2.75, 3.05) is 0 Å². The Kier molecular flexibility index (Phi) is 4.69. The van der Waals surface area contributed by atoms with Crippen molar-refractivity contribution >= 4 is 46.8 Å². The van der Waals surface area contributed by atoms with Crippen molar-refractivity contribution in [2.45, 2.75) is 12.3 Å². The molecule has 0 aliphatic carbocycles. The lowest BCUT2D eigenvalue weighted by Crippen LogP contribution is -2.40. The zero-order valence-electron chi connectivity index (χ0n) is 13.9. The van der Waals surface area contributed by atoms with Crippen LogP contribution >= 0.6 is 24.4 Å². The van der Waals surface area contributed by atoms with Crippen molar-refractivity contribution in [1.82, 2.24) is 20.7 Å². The molecule has 4 nitrogen and oxygen atoms in total. The molecule has 130 valence electrons. The fourth-order valence-corrected chi connectivity index (χ4v) is 3.66. The van der Waals surface area contributed by atoms with Crippen molar-refractivity contribution < 1.29 is 0 Å². The lowest BCUT2D eigenvalue weighted by Gasteiger charge is -2.23. The minimum Gasteiger partial charge on any atom is -0.336 e. The summed E-state index contributed by atoms with van der Waals surface area (Å²) in [7, 11) is 0. The predicted octanol–water partition coefficient (Wildman–Crippen LogP) is 3.36. The average Bonchev–Trinajstić information content (AvgIpc) is 3.18. The summed E-state index contributed by atoms with van der Waals surface area (Å²) in [5.41, 5.74) is 2.27. The van der Waals surface area contributed by atoms with Crippen LogP contribution in [0.2, 0.25) is 0 Å². The van der Waals surface area contributed by atoms with Crippen LogP contribution in [0.4, 0.5) is 0 Å². The molecule has 2 heterocycles. The van der Waals surface area contributed by atoms with Gasteiger partial charge in [0, 0.05) is 0 Å². The maximum atomic E-state index is 5.53. The van der Waals surface area contributed by atoms with Crippen LogP contribution in [0.5, 0.6) is 0 Å². The van der Waals surface area contributed by atoms with Gasteiger partial charge in [0.05, 0.1) is 0 Å². The first-order chi connectivity index (χ1) is 12.7. The van der Waals surface area contributed by atoms with Crippen LogP contribution in [0, 0.1) is 0 Å². The standard InChI is InChI=1S/C20H18N4S2/c25-19-21-17(13-11-15-7-3-1-4-8-15)23-20(26)22-18(24(19)23)14-12-16-9-5-2-6-10-16/h1-14,17-18H,(H,21,25)(H,22,26)/b13-11-,14-12+/t17-,18+/m0/s1. The van der Waals surface area contributed by atoms with Gasteiger partial charge >= 0.3 is 0 Å². The van der Waals surface area contributed by atoms with Gasteiger partial charge in [0.2, 0.25) is 0 Å². The highest BCUT2D eigenvalue weighted by Crippen LogP contribution is 2.23. The zero-order chi connectivity index (χ0) is 17.9. The molecular weight excluding hydrogens is 360 g/mol. The molecule has 0 amide bonds. The first-order valence-electron chi connectivity index (χ1n) is 8.38. The predicted molar refractivity (Wildman–Crippen MR) is 114 cm³/mol. The molecule has 2 aliphatic heterocycles. The summed E-state index contributed by atoms with van der Waals surface area (Å²) in [6, 6.07) is 20.3. The average molecular weight is 379 g/mol. The number of benzene rings is 2. The maximum Gasteiger partial charge on any atom is 0.192 e. The molecule has 2 aliphatic rings. The minimum absolute atomic E-state index is 0.0992. The van der Waals surface area contributed by atoms with Crippen LogP contribution < -0.4 is 10.6 Å². The molecule has 4 rings (SSSR count). The molecule has 2 aromatic carbocycles. The van der Waals surface area contributed by atoms with Crippen LogP contribution in [0.3, 0.4) is 0 Å². The second-order valence-electron chi connectivity index (χ2n) is 6.02. The molecule has 0 spiro atoms. The molecule has 0 bridgehead atoms. The molecular formula is C20H18N4S2. The summed E-state index contributed by atoms with van der Waals surface area (Å²) in [5.74, 6) is 0. The largest absolute Gasteiger partial charge is 0.336 e. The lowest BCUT2D eigenvalue weighted by atomic mass is 10.2. The van der Waals surface area contributed by atoms with Crippen molar-refractivity contribution in [3.05, 3.63) is 83.9 Å². The topological polar surface area (TPSA) is 30.5 Å². The summed E-state index contributed by atoms with van der Waals surface area (Å²) in [4.78, 5) is 0. The highest BCUT2D eigenvalue weighted by molar-refractivity contribution is 7.80. The number of rotatable bonds is 4. The van der Waals surface area contributed by atoms with Gasteiger partial charge < -0.3 is 10.6 Å². The normalized spacial score (nSPS) is 22.2. The number of hydrogen-bond donors (Lipinski definition) is 2. The Balaban J connectivity index is 1.52. The highest BCUT2D eigenvalue weighted by atomic mass is 32.1. The van der Waals surface area contributed by atoms with E-state index in [2.05, 4.69) is 59.2 Å². The summed E-state index contributed by atoms with van der Waals surface area (Å²) < 4.78 is 0. The van der Waals surface area contributed by atoms with Gasteiger partial charge in [-0.05, 0) is 47.7 Å². The first-order valence-corrected chi connectivity index (χ1v) is 9.20. The fourth-order valence-electron chi connectivity index (χ4n) is 3.02. The van der Waals surface area contributed by atoms with Crippen molar-refractivity contribution in [2.24, 2.45) is 0 Å². The van der Waals surface area contributed by atoms with Crippen LogP contribution in [-0.4, -0.2) is 32.6 Å². The summed E-state index contributed by atoms with van der Waals surface area (Å²) in [6.07, 6.45) is 8.08. The molecule has 26 heavy (non-hydrogen) atoms. The Morgan fingerprint density at radius 1 is 0.654 bits per heavy atom. The number of fused-ring (bicyclic) bond motifs is 1. The Bertz CT molecular complexity index is 790. The molecule has 2 saturated heterocycles. The summed E-state index contributed by atoms with van der Waals surface area (Å²) in [6.45, 7) is 0. The molecule has 2 N–H and O–H groups in total. The van der Waals surface area contributed by atoms with E-state index in [0.717, 1.165) is 11.1 Å². The van der Waals surface area contributed by atoms with Gasteiger partial charge in [-0.15, -0.1) is 0 Å². The summed E-state index contributed by atoms with van der Waals surface area (Å²) >= 11 is 11.1. The third-order valence-electron chi connectivity index (χ3n) is 4.26. The molecule has 2 atom stereocenters. The fraction of sp³-hybridized carbons (Fsp3) is 0.100. The van der Waals surface area contributed by atoms with Gasteiger partial charge in [0.25, 0.3) is 0 Å². The van der Waals surface area contributed by atoms with Crippen molar-refractivity contribution in [3.8, 4) is 0 Å². The van der Waals surface area contributed by atoms with E-state index >= 15 is 0 Å². The van der Waals surface area contributed by atoms with E-state index in [1.54, 1.807) is 0 Å². The zero-order valence-corrected chi connectivity index (χ0v) is 15.6. The number of hydrazine groups is 1. The van der Waals surface area contributed by atoms with Crippen molar-refractivity contribution in [3.63, 3.8) is 0 Å². The third kappa shape index (κ3) is 3.34. The van der Waals surface area contributed by atoms with Crippen LogP contribution in [-0.2, 0) is 0 Å². The van der Waals surface area contributed by atoms with Crippen LogP contribution in [0.15, 0.2) is 72.8 Å². The third-order valence-corrected chi connectivity index (χ3v) is 4.87. The lowest BCUT2D eigenvalue weighted by molar-refractivity contribution is 0.152. The number of nitrogens with one attached hydrogen (secondary N) is 2. The van der Waals surface area contributed by atoms with Crippen LogP contribution in [0.1, 0.15) is 11.1 Å². The van der Waals surface area contributed by atoms with E-state index in [9.17, 15) is 0 Å². The van der Waals surface area contributed by atoms with Gasteiger partial charge in [-0.3, -0.25) is 0 Å². The first kappa shape index (κ1) is 16.8. The van der Waals surface area contributed by atoms with Gasteiger partial charge in [-0.1, -0.05) is 72.8 Å². The second-order valence-corrected chi connectivity index (χ2v) is 6.79. The number of nitrogens with zero attached hydrogens (tertiary/aromatic N) is 2. The van der Waals surface area contributed by atoms with E-state index in [4.69, 9.17) is 24.4 Å². The molecule has 6 heteroatoms. The monoisotopic (exact) mass is 378 g/mol. The minimum atomic E-state index is -0.0992. The molecule has 0 unspecified atom stereocenters. The van der Waals surface area contributed by atoms with E-state index in [0.29, 0.717) is 10.2 Å². The van der Waals surface area contributed by atoms with Gasteiger partial charge in [-0.25, -0.2) is 10.0 Å². The Hall–Kier alpha value is -2.70. The SMILES string of the molecule is S=C1N[C@H](/C=C\c2ccccc2)N2C(=S)N[C@@H](/C=C/c3ccccc3)N12. The highest BCUT2D eigenvalue weighted by Gasteiger charge is 2.44. The molecule has 2 fully saturated rings. The molecule has 0 saturated carbocycles. The number of thiocarbonyl (C=S) groups is 2. The Morgan fingerprint density at radius 3 is 1.42 bits per heavy atom. The van der Waals surface area contributed by atoms with Gasteiger partial charge in [-0.2, -0.15) is 0 Å². The van der Waals surface area contributed by atoms with Crippen LogP contribution in [0.25, 0.3) is 12.2 Å². The Labute approximate surface area is 163 Å². The van der Waals surface area contributed by atoms with Gasteiger partial charge in [0.1, 0.15) is 12.3 Å². The number of hydrogen-bond acceptors (Lipinski definition) is 2.